The molecule has 0 bridgehead atoms. The van der Waals surface area contributed by atoms with Crippen LogP contribution >= 0.6 is 0 Å². The highest BCUT2D eigenvalue weighted by Crippen LogP contribution is 2.35. The third-order valence-corrected chi connectivity index (χ3v) is 8.10. The van der Waals surface area contributed by atoms with Crippen molar-refractivity contribution in [2.75, 3.05) is 25.5 Å². The van der Waals surface area contributed by atoms with Crippen molar-refractivity contribution >= 4 is 28.6 Å². The summed E-state index contributed by atoms with van der Waals surface area (Å²) in [5, 5.41) is 11.5. The van der Waals surface area contributed by atoms with Gasteiger partial charge in [0.15, 0.2) is 0 Å². The van der Waals surface area contributed by atoms with E-state index in [0.29, 0.717) is 25.9 Å². The topological polar surface area (TPSA) is 90.9 Å². The molecule has 47 heavy (non-hydrogen) atoms. The van der Waals surface area contributed by atoms with Crippen molar-refractivity contribution in [3.63, 3.8) is 0 Å². The molecular formula is C40H47N3O4. The lowest BCUT2D eigenvalue weighted by Gasteiger charge is -2.18. The highest BCUT2D eigenvalue weighted by molar-refractivity contribution is 5.98. The first kappa shape index (κ1) is 35.1. The van der Waals surface area contributed by atoms with Crippen LogP contribution in [0.2, 0.25) is 0 Å². The van der Waals surface area contributed by atoms with Gasteiger partial charge in [0.1, 0.15) is 12.4 Å². The van der Waals surface area contributed by atoms with Gasteiger partial charge < -0.3 is 10.1 Å². The van der Waals surface area contributed by atoms with E-state index in [1.807, 2.05) is 24.3 Å². The van der Waals surface area contributed by atoms with Gasteiger partial charge in [-0.25, -0.2) is 5.48 Å². The van der Waals surface area contributed by atoms with Crippen molar-refractivity contribution in [3.05, 3.63) is 131 Å². The van der Waals surface area contributed by atoms with Crippen LogP contribution in [0.25, 0.3) is 11.1 Å². The maximum absolute atomic E-state index is 12.3. The number of benzene rings is 4. The van der Waals surface area contributed by atoms with E-state index >= 15 is 0 Å². The summed E-state index contributed by atoms with van der Waals surface area (Å²) in [4.78, 5) is 25.5. The molecule has 246 valence electrons. The average molecular weight is 634 g/mol. The molecule has 4 rings (SSSR count). The van der Waals surface area contributed by atoms with Gasteiger partial charge >= 0.3 is 0 Å². The van der Waals surface area contributed by atoms with Crippen molar-refractivity contribution < 1.29 is 19.5 Å². The van der Waals surface area contributed by atoms with E-state index in [-0.39, 0.29) is 11.8 Å². The molecule has 3 N–H and O–H groups in total. The third-order valence-electron chi connectivity index (χ3n) is 8.10. The van der Waals surface area contributed by atoms with E-state index in [1.54, 1.807) is 5.48 Å². The molecule has 0 saturated heterocycles. The highest BCUT2D eigenvalue weighted by Gasteiger charge is 2.13. The second-order valence-electron chi connectivity index (χ2n) is 11.7. The smallest absolute Gasteiger partial charge is 0.243 e. The van der Waals surface area contributed by atoms with Crippen LogP contribution in [0.4, 0.5) is 5.69 Å². The summed E-state index contributed by atoms with van der Waals surface area (Å²) in [6.45, 7) is 4.33. The Bertz CT molecular complexity index is 1550. The molecule has 0 radical (unpaired) electrons. The molecule has 0 aliphatic heterocycles. The van der Waals surface area contributed by atoms with Crippen molar-refractivity contribution in [3.8, 4) is 5.75 Å². The molecule has 0 aromatic heterocycles. The first-order chi connectivity index (χ1) is 23.0. The van der Waals surface area contributed by atoms with Crippen LogP contribution in [-0.4, -0.2) is 42.1 Å². The predicted molar refractivity (Wildman–Crippen MR) is 190 cm³/mol. The molecule has 0 spiro atoms. The number of nitrogens with one attached hydrogen (secondary N) is 2. The van der Waals surface area contributed by atoms with Crippen molar-refractivity contribution in [2.45, 2.75) is 58.4 Å². The van der Waals surface area contributed by atoms with Crippen LogP contribution in [0, 0.1) is 0 Å². The molecule has 7 nitrogen and oxygen atoms in total. The molecule has 2 amide bonds. The molecule has 0 saturated carbocycles. The van der Waals surface area contributed by atoms with Crippen molar-refractivity contribution in [1.29, 1.82) is 0 Å². The summed E-state index contributed by atoms with van der Waals surface area (Å²) in [7, 11) is 2.07. The lowest BCUT2D eigenvalue weighted by Crippen LogP contribution is -2.23. The fourth-order valence-electron chi connectivity index (χ4n) is 5.61. The Balaban J connectivity index is 1.23. The Kier molecular flexibility index (Phi) is 14.2. The Morgan fingerprint density at radius 2 is 1.28 bits per heavy atom. The molecule has 0 fully saturated rings. The Labute approximate surface area is 279 Å². The van der Waals surface area contributed by atoms with Crippen molar-refractivity contribution in [2.24, 2.45) is 0 Å². The Hall–Kier alpha value is -4.72. The number of carbonyl (C=O) groups excluding carboxylic acids is 2. The fourth-order valence-corrected chi connectivity index (χ4v) is 5.61. The average Bonchev–Trinajstić information content (AvgIpc) is 3.10. The number of likely N-dealkylation sites (N-methyl/N-ethyl adjacent to an activating group) is 1. The van der Waals surface area contributed by atoms with E-state index in [2.05, 4.69) is 109 Å². The summed E-state index contributed by atoms with van der Waals surface area (Å²) in [6, 6.07) is 37.6. The van der Waals surface area contributed by atoms with Crippen LogP contribution < -0.4 is 15.5 Å². The van der Waals surface area contributed by atoms with Gasteiger partial charge in [-0.15, -0.1) is 0 Å². The standard InChI is InChI=1S/C40H47N3O4/c1-3-37(32-14-8-6-9-15-32)40(33-16-10-7-11-17-33)34-22-26-36(27-23-34)47-29-28-43(2)30-31-20-24-35(25-21-31)41-38(44)18-12-4-5-13-19-39(45)42-46/h6-11,14-17,20-27,46H,3-5,12-13,18-19,28-30H2,1-2H3,(H,41,44)(H,42,45)/b40-37-. The summed E-state index contributed by atoms with van der Waals surface area (Å²) in [6.07, 6.45) is 4.85. The lowest BCUT2D eigenvalue weighted by atomic mass is 9.88. The van der Waals surface area contributed by atoms with Gasteiger partial charge in [0.2, 0.25) is 11.8 Å². The number of nitrogens with zero attached hydrogens (tertiary/aromatic N) is 1. The van der Waals surface area contributed by atoms with Gasteiger partial charge in [-0.3, -0.25) is 19.7 Å². The van der Waals surface area contributed by atoms with Crippen LogP contribution in [0.3, 0.4) is 0 Å². The lowest BCUT2D eigenvalue weighted by molar-refractivity contribution is -0.129. The maximum Gasteiger partial charge on any atom is 0.243 e. The first-order valence-corrected chi connectivity index (χ1v) is 16.5. The first-order valence-electron chi connectivity index (χ1n) is 16.5. The normalized spacial score (nSPS) is 11.6. The van der Waals surface area contributed by atoms with E-state index in [4.69, 9.17) is 9.94 Å². The zero-order valence-electron chi connectivity index (χ0n) is 27.6. The van der Waals surface area contributed by atoms with Gasteiger partial charge in [0.25, 0.3) is 0 Å². The second-order valence-corrected chi connectivity index (χ2v) is 11.7. The monoisotopic (exact) mass is 633 g/mol. The Morgan fingerprint density at radius 3 is 1.87 bits per heavy atom. The largest absolute Gasteiger partial charge is 0.492 e. The minimum Gasteiger partial charge on any atom is -0.492 e. The summed E-state index contributed by atoms with van der Waals surface area (Å²) >= 11 is 0. The van der Waals surface area contributed by atoms with Crippen LogP contribution in [0.1, 0.15) is 74.1 Å². The summed E-state index contributed by atoms with van der Waals surface area (Å²) in [5.74, 6) is 0.465. The minimum absolute atomic E-state index is 0.0116. The third kappa shape index (κ3) is 11.5. The predicted octanol–water partition coefficient (Wildman–Crippen LogP) is 8.35. The number of ether oxygens (including phenoxy) is 1. The zero-order chi connectivity index (χ0) is 33.3. The van der Waals surface area contributed by atoms with Crippen LogP contribution in [0.15, 0.2) is 109 Å². The maximum atomic E-state index is 12.3. The number of hydrogen-bond donors (Lipinski definition) is 3. The van der Waals surface area contributed by atoms with Gasteiger partial charge in [-0.05, 0) is 84.0 Å². The minimum atomic E-state index is -0.372. The molecule has 0 atom stereocenters. The number of hydrogen-bond acceptors (Lipinski definition) is 5. The number of unbranched alkanes of at least 4 members (excludes halogenated alkanes) is 3. The summed E-state index contributed by atoms with van der Waals surface area (Å²) in [5.41, 5.74) is 9.75. The van der Waals surface area contributed by atoms with Gasteiger partial charge in [-0.1, -0.05) is 105 Å². The number of rotatable bonds is 18. The van der Waals surface area contributed by atoms with Gasteiger partial charge in [0, 0.05) is 31.6 Å². The van der Waals surface area contributed by atoms with E-state index in [0.717, 1.165) is 55.8 Å². The zero-order valence-corrected chi connectivity index (χ0v) is 27.6. The fraction of sp³-hybridized carbons (Fsp3) is 0.300. The number of allylic oxidation sites excluding steroid dienone is 1. The van der Waals surface area contributed by atoms with E-state index < -0.39 is 0 Å². The van der Waals surface area contributed by atoms with Crippen LogP contribution in [0.5, 0.6) is 5.75 Å². The molecule has 0 aliphatic rings. The SMILES string of the molecule is CC/C(=C(\c1ccccc1)c1ccc(OCCN(C)Cc2ccc(NC(=O)CCCCCCC(=O)NO)cc2)cc1)c1ccccc1. The molecule has 4 aromatic carbocycles. The van der Waals surface area contributed by atoms with Crippen LogP contribution in [-0.2, 0) is 16.1 Å². The molecule has 4 aromatic rings. The number of amides is 2. The number of anilines is 1. The second kappa shape index (κ2) is 19.1. The Morgan fingerprint density at radius 1 is 0.702 bits per heavy atom. The summed E-state index contributed by atoms with van der Waals surface area (Å²) < 4.78 is 6.13. The van der Waals surface area contributed by atoms with Gasteiger partial charge in [0.05, 0.1) is 0 Å². The van der Waals surface area contributed by atoms with Crippen molar-refractivity contribution in [1.82, 2.24) is 10.4 Å². The van der Waals surface area contributed by atoms with E-state index in [9.17, 15) is 9.59 Å². The molecule has 0 unspecified atom stereocenters. The molecule has 7 heteroatoms. The molecule has 0 aliphatic carbocycles. The quantitative estimate of drug-likeness (QED) is 0.0443. The van der Waals surface area contributed by atoms with Gasteiger partial charge in [-0.2, -0.15) is 0 Å². The van der Waals surface area contributed by atoms with E-state index in [1.165, 1.54) is 27.8 Å². The molecular weight excluding hydrogens is 586 g/mol. The molecule has 0 heterocycles. The highest BCUT2D eigenvalue weighted by atomic mass is 16.5. The number of carbonyl (C=O) groups is 2. The number of hydroxylamine groups is 1.